The summed E-state index contributed by atoms with van der Waals surface area (Å²) >= 11 is 0.661. The number of aliphatic imine (C=N–C) groups is 1. The van der Waals surface area contributed by atoms with Gasteiger partial charge in [0.2, 0.25) is 11.8 Å². The van der Waals surface area contributed by atoms with Crippen molar-refractivity contribution in [2.75, 3.05) is 23.4 Å². The van der Waals surface area contributed by atoms with Crippen LogP contribution in [0.25, 0.3) is 0 Å². The zero-order valence-electron chi connectivity index (χ0n) is 17.8. The number of fused-ring (bicyclic) bond motifs is 1. The lowest BCUT2D eigenvalue weighted by Crippen LogP contribution is -2.43. The van der Waals surface area contributed by atoms with Crippen LogP contribution < -0.4 is 14.9 Å². The van der Waals surface area contributed by atoms with Gasteiger partial charge in [-0.2, -0.15) is 4.39 Å². The molecule has 1 unspecified atom stereocenters. The van der Waals surface area contributed by atoms with Gasteiger partial charge >= 0.3 is 6.03 Å². The van der Waals surface area contributed by atoms with Gasteiger partial charge in [-0.3, -0.25) is 14.3 Å². The van der Waals surface area contributed by atoms with Gasteiger partial charge in [0.15, 0.2) is 16.1 Å². The molecule has 0 fully saturated rings. The summed E-state index contributed by atoms with van der Waals surface area (Å²) in [6, 6.07) is 9.63. The Hall–Kier alpha value is -3.97. The molecule has 10 nitrogen and oxygen atoms in total. The molecular weight excluding hydrogens is 497 g/mol. The van der Waals surface area contributed by atoms with Gasteiger partial charge in [0.25, 0.3) is 5.91 Å². The molecule has 2 aliphatic heterocycles. The van der Waals surface area contributed by atoms with Crippen LogP contribution in [0.2, 0.25) is 0 Å². The number of anilines is 2. The molecular formula is C22H16FN5O5S2. The van der Waals surface area contributed by atoms with Crippen molar-refractivity contribution in [3.63, 3.8) is 0 Å². The predicted octanol–water partition coefficient (Wildman–Crippen LogP) is 2.63. The second kappa shape index (κ2) is 9.35. The van der Waals surface area contributed by atoms with Crippen molar-refractivity contribution >= 4 is 57.6 Å². The minimum Gasteiger partial charge on any atom is -0.476 e. The van der Waals surface area contributed by atoms with Crippen molar-refractivity contribution in [1.29, 1.82) is 0 Å². The number of hydrogen-bond acceptors (Lipinski definition) is 8. The molecule has 0 bridgehead atoms. The van der Waals surface area contributed by atoms with Gasteiger partial charge in [0.1, 0.15) is 16.6 Å². The van der Waals surface area contributed by atoms with Crippen LogP contribution >= 0.6 is 11.3 Å². The molecule has 0 spiro atoms. The van der Waals surface area contributed by atoms with Crippen molar-refractivity contribution in [1.82, 2.24) is 9.71 Å². The summed E-state index contributed by atoms with van der Waals surface area (Å²) < 4.78 is 32.9. The van der Waals surface area contributed by atoms with E-state index < -0.39 is 34.0 Å². The highest BCUT2D eigenvalue weighted by atomic mass is 32.2. The lowest BCUT2D eigenvalue weighted by Gasteiger charge is -2.26. The fourth-order valence-corrected chi connectivity index (χ4v) is 5.22. The summed E-state index contributed by atoms with van der Waals surface area (Å²) in [7, 11) is -1.92. The molecule has 4 amide bonds. The number of hydrogen-bond donors (Lipinski definition) is 2. The number of urea groups is 1. The topological polar surface area (TPSA) is 130 Å². The van der Waals surface area contributed by atoms with Gasteiger partial charge in [0, 0.05) is 11.1 Å². The number of aromatic nitrogens is 1. The van der Waals surface area contributed by atoms with Crippen molar-refractivity contribution in [3.8, 4) is 0 Å². The Morgan fingerprint density at radius 2 is 2.03 bits per heavy atom. The number of amides is 4. The molecule has 13 heteroatoms. The van der Waals surface area contributed by atoms with E-state index in [4.69, 9.17) is 4.74 Å². The first kappa shape index (κ1) is 22.8. The number of thiophene rings is 1. The molecule has 35 heavy (non-hydrogen) atoms. The molecule has 4 heterocycles. The maximum absolute atomic E-state index is 13.1. The van der Waals surface area contributed by atoms with E-state index in [1.54, 1.807) is 18.2 Å². The highest BCUT2D eigenvalue weighted by molar-refractivity contribution is 7.86. The number of benzene rings is 1. The van der Waals surface area contributed by atoms with Crippen LogP contribution in [0.3, 0.4) is 0 Å². The number of nitrogens with zero attached hydrogens (tertiary/aromatic N) is 3. The Labute approximate surface area is 204 Å². The zero-order chi connectivity index (χ0) is 24.5. The Kier molecular flexibility index (Phi) is 6.09. The molecule has 178 valence electrons. The monoisotopic (exact) mass is 513 g/mol. The molecule has 1 atom stereocenters. The number of pyridine rings is 1. The third-order valence-electron chi connectivity index (χ3n) is 5.11. The number of ether oxygens (including phenoxy) is 1. The predicted molar refractivity (Wildman–Crippen MR) is 126 cm³/mol. The van der Waals surface area contributed by atoms with E-state index in [1.807, 2.05) is 0 Å². The third-order valence-corrected chi connectivity index (χ3v) is 7.36. The first-order valence-electron chi connectivity index (χ1n) is 10.3. The van der Waals surface area contributed by atoms with Crippen LogP contribution in [0.1, 0.15) is 21.5 Å². The van der Waals surface area contributed by atoms with E-state index in [2.05, 4.69) is 20.0 Å². The van der Waals surface area contributed by atoms with Crippen LogP contribution in [-0.2, 0) is 26.9 Å². The van der Waals surface area contributed by atoms with E-state index in [-0.39, 0.29) is 22.1 Å². The molecule has 0 saturated heterocycles. The van der Waals surface area contributed by atoms with Crippen molar-refractivity contribution < 1.29 is 27.7 Å². The molecule has 2 aromatic heterocycles. The molecule has 5 rings (SSSR count). The van der Waals surface area contributed by atoms with Gasteiger partial charge in [-0.1, -0.05) is 11.3 Å². The fourth-order valence-electron chi connectivity index (χ4n) is 3.58. The average Bonchev–Trinajstić information content (AvgIpc) is 3.52. The van der Waals surface area contributed by atoms with Crippen molar-refractivity contribution in [3.05, 3.63) is 70.5 Å². The van der Waals surface area contributed by atoms with Crippen LogP contribution in [-0.4, -0.2) is 46.1 Å². The number of halogens is 1. The summed E-state index contributed by atoms with van der Waals surface area (Å²) in [6.45, 7) is 1.07. The van der Waals surface area contributed by atoms with E-state index in [9.17, 15) is 23.0 Å². The first-order chi connectivity index (χ1) is 16.9. The molecule has 1 aromatic carbocycles. The van der Waals surface area contributed by atoms with Crippen molar-refractivity contribution in [2.45, 2.75) is 10.6 Å². The average molecular weight is 514 g/mol. The van der Waals surface area contributed by atoms with Crippen LogP contribution in [0.4, 0.5) is 20.7 Å². The maximum atomic E-state index is 13.1. The smallest absolute Gasteiger partial charge is 0.331 e. The van der Waals surface area contributed by atoms with Gasteiger partial charge in [-0.25, -0.2) is 23.9 Å². The fraction of sp³-hybridized carbons (Fsp3) is 0.136. The summed E-state index contributed by atoms with van der Waals surface area (Å²) in [5.74, 6) is -0.364. The highest BCUT2D eigenvalue weighted by Gasteiger charge is 2.33. The van der Waals surface area contributed by atoms with Gasteiger partial charge in [-0.05, 0) is 48.0 Å². The molecule has 2 N–H and O–H groups in total. The number of rotatable bonds is 5. The number of nitrogens with one attached hydrogen (secondary N) is 2. The van der Waals surface area contributed by atoms with E-state index in [1.165, 1.54) is 24.4 Å². The van der Waals surface area contributed by atoms with Crippen LogP contribution in [0, 0.1) is 5.13 Å². The molecule has 3 aromatic rings. The molecule has 0 saturated carbocycles. The Morgan fingerprint density at radius 3 is 2.71 bits per heavy atom. The Bertz CT molecular complexity index is 1410. The largest absolute Gasteiger partial charge is 0.476 e. The zero-order valence-corrected chi connectivity index (χ0v) is 19.5. The van der Waals surface area contributed by atoms with Gasteiger partial charge < -0.3 is 10.1 Å². The minimum atomic E-state index is -1.92. The lowest BCUT2D eigenvalue weighted by molar-refractivity contribution is -0.117. The SMILES string of the molecule is O=C(Nc1ccc(N2C(=O)Cc3cc(C4=NCCO4)ccc3C2=O)nc1)NS(=O)c1ccc(F)s1. The number of carbonyl (C=O) groups excluding carboxylic acids is 3. The molecule has 0 radical (unpaired) electrons. The third kappa shape index (κ3) is 4.68. The van der Waals surface area contributed by atoms with E-state index in [0.717, 1.165) is 11.0 Å². The number of carbonyl (C=O) groups is 3. The second-order valence-corrected chi connectivity index (χ2v) is 9.88. The number of imide groups is 1. The maximum Gasteiger partial charge on any atom is 0.331 e. The minimum absolute atomic E-state index is 0.00140. The molecule has 0 aliphatic carbocycles. The van der Waals surface area contributed by atoms with Crippen LogP contribution in [0.15, 0.2) is 57.9 Å². The molecule has 2 aliphatic rings. The summed E-state index contributed by atoms with van der Waals surface area (Å²) in [5, 5.41) is 1.93. The van der Waals surface area contributed by atoms with E-state index in [0.29, 0.717) is 47.1 Å². The summed E-state index contributed by atoms with van der Waals surface area (Å²) in [4.78, 5) is 47.3. The van der Waals surface area contributed by atoms with Gasteiger partial charge in [-0.15, -0.1) is 0 Å². The highest BCUT2D eigenvalue weighted by Crippen LogP contribution is 2.26. The summed E-state index contributed by atoms with van der Waals surface area (Å²) in [5.41, 5.74) is 1.91. The normalized spacial score (nSPS) is 15.8. The summed E-state index contributed by atoms with van der Waals surface area (Å²) in [6.07, 6.45) is 1.26. The lowest BCUT2D eigenvalue weighted by atomic mass is 9.96. The first-order valence-corrected chi connectivity index (χ1v) is 12.2. The second-order valence-electron chi connectivity index (χ2n) is 7.41. The Balaban J connectivity index is 1.27. The quantitative estimate of drug-likeness (QED) is 0.505. The van der Waals surface area contributed by atoms with Crippen LogP contribution in [0.5, 0.6) is 0 Å². The Morgan fingerprint density at radius 1 is 1.17 bits per heavy atom. The van der Waals surface area contributed by atoms with Gasteiger partial charge in [0.05, 0.1) is 24.8 Å². The van der Waals surface area contributed by atoms with Crippen molar-refractivity contribution in [2.24, 2.45) is 4.99 Å². The van der Waals surface area contributed by atoms with E-state index >= 15 is 0 Å². The standard InChI is InChI=1S/C22H16FN5O5S2/c23-16-4-6-19(34-16)35(32)27-22(31)26-14-2-5-17(25-11-14)28-18(29)10-13-9-12(20-24-7-8-33-20)1-3-15(13)21(28)30/h1-6,9,11H,7-8,10H2,(H2,26,27,31).